The highest BCUT2D eigenvalue weighted by atomic mass is 35.5. The molecule has 0 saturated heterocycles. The predicted octanol–water partition coefficient (Wildman–Crippen LogP) is 6.02. The fourth-order valence-electron chi connectivity index (χ4n) is 4.10. The van der Waals surface area contributed by atoms with E-state index in [0.717, 1.165) is 0 Å². The van der Waals surface area contributed by atoms with Crippen molar-refractivity contribution in [3.05, 3.63) is 114 Å². The van der Waals surface area contributed by atoms with Gasteiger partial charge in [-0.2, -0.15) is 0 Å². The zero-order valence-electron chi connectivity index (χ0n) is 19.8. The molecule has 0 spiro atoms. The number of benzene rings is 3. The lowest BCUT2D eigenvalue weighted by Gasteiger charge is -2.24. The van der Waals surface area contributed by atoms with Crippen LogP contribution in [0.5, 0.6) is 0 Å². The number of amides is 1. The molecule has 3 aromatic carbocycles. The van der Waals surface area contributed by atoms with E-state index < -0.39 is 15.8 Å². The summed E-state index contributed by atoms with van der Waals surface area (Å²) < 4.78 is 5.70. The average molecular weight is 522 g/mol. The van der Waals surface area contributed by atoms with E-state index >= 15 is 0 Å². The predicted molar refractivity (Wildman–Crippen MR) is 137 cm³/mol. The Balaban J connectivity index is 1.68. The van der Waals surface area contributed by atoms with Crippen LogP contribution in [0.2, 0.25) is 5.02 Å². The molecule has 0 aromatic heterocycles. The van der Waals surface area contributed by atoms with Gasteiger partial charge in [0, 0.05) is 47.0 Å². The monoisotopic (exact) mass is 521 g/mol. The van der Waals surface area contributed by atoms with Gasteiger partial charge in [0.05, 0.1) is 21.1 Å². The molecular weight excluding hydrogens is 502 g/mol. The van der Waals surface area contributed by atoms with Gasteiger partial charge in [-0.05, 0) is 67.8 Å². The molecule has 1 aliphatic rings. The first-order valence-corrected chi connectivity index (χ1v) is 11.5. The van der Waals surface area contributed by atoms with Crippen LogP contribution in [0.25, 0.3) is 5.76 Å². The molecule has 1 heterocycles. The van der Waals surface area contributed by atoms with Gasteiger partial charge in [0.2, 0.25) is 0 Å². The van der Waals surface area contributed by atoms with Crippen LogP contribution in [0.1, 0.15) is 43.8 Å². The lowest BCUT2D eigenvalue weighted by atomic mass is 10.0. The fourth-order valence-corrected chi connectivity index (χ4v) is 4.27. The van der Waals surface area contributed by atoms with Gasteiger partial charge in [0.1, 0.15) is 5.76 Å². The Morgan fingerprint density at radius 3 is 2.05 bits per heavy atom. The second-order valence-electron chi connectivity index (χ2n) is 8.38. The maximum absolute atomic E-state index is 13.5. The van der Waals surface area contributed by atoms with Crippen LogP contribution in [0, 0.1) is 34.1 Å². The van der Waals surface area contributed by atoms with E-state index in [1.807, 2.05) is 0 Å². The van der Waals surface area contributed by atoms with Crippen molar-refractivity contribution in [3.63, 3.8) is 0 Å². The molecule has 1 amide bonds. The van der Waals surface area contributed by atoms with Crippen LogP contribution in [0.15, 0.2) is 60.7 Å². The van der Waals surface area contributed by atoms with Crippen molar-refractivity contribution in [2.24, 2.45) is 0 Å². The smallest absolute Gasteiger partial charge is 0.343 e. The van der Waals surface area contributed by atoms with E-state index in [0.29, 0.717) is 39.4 Å². The van der Waals surface area contributed by atoms with Gasteiger partial charge in [-0.3, -0.25) is 25.0 Å². The number of carbonyl (C=O) groups is 2. The van der Waals surface area contributed by atoms with Crippen molar-refractivity contribution < 1.29 is 24.2 Å². The molecule has 4 rings (SSSR count). The maximum Gasteiger partial charge on any atom is 0.343 e. The quantitative estimate of drug-likeness (QED) is 0.227. The number of aryl methyl sites for hydroxylation is 2. The van der Waals surface area contributed by atoms with Crippen molar-refractivity contribution in [2.75, 3.05) is 11.4 Å². The average Bonchev–Trinajstić information content (AvgIpc) is 3.02. The van der Waals surface area contributed by atoms with Crippen LogP contribution < -0.4 is 4.90 Å². The third-order valence-electron chi connectivity index (χ3n) is 5.94. The molecule has 11 heteroatoms. The molecule has 0 unspecified atom stereocenters. The third kappa shape index (κ3) is 5.19. The third-order valence-corrected chi connectivity index (χ3v) is 6.17. The Morgan fingerprint density at radius 2 is 1.49 bits per heavy atom. The molecule has 0 saturated carbocycles. The number of fused-ring (bicyclic) bond motifs is 1. The van der Waals surface area contributed by atoms with E-state index in [2.05, 4.69) is 0 Å². The minimum atomic E-state index is -0.712. The Labute approximate surface area is 216 Å². The topological polar surface area (TPSA) is 133 Å². The molecule has 0 atom stereocenters. The summed E-state index contributed by atoms with van der Waals surface area (Å²) >= 11 is 6.24. The number of nitrogens with zero attached hydrogens (tertiary/aromatic N) is 3. The van der Waals surface area contributed by atoms with Crippen molar-refractivity contribution in [1.82, 2.24) is 0 Å². The van der Waals surface area contributed by atoms with Gasteiger partial charge in [-0.15, -0.1) is 0 Å². The normalized spacial score (nSPS) is 12.7. The highest BCUT2D eigenvalue weighted by Crippen LogP contribution is 2.36. The van der Waals surface area contributed by atoms with E-state index in [-0.39, 0.29) is 35.1 Å². The zero-order chi connectivity index (χ0) is 26.9. The Kier molecular flexibility index (Phi) is 7.03. The number of halogens is 1. The summed E-state index contributed by atoms with van der Waals surface area (Å²) in [4.78, 5) is 49.1. The number of ether oxygens (including phenoxy) is 1. The summed E-state index contributed by atoms with van der Waals surface area (Å²) in [6.07, 6.45) is 2.01. The number of hydrogen-bond acceptors (Lipinski definition) is 7. The van der Waals surface area contributed by atoms with Gasteiger partial charge in [-0.1, -0.05) is 11.6 Å². The molecule has 3 aromatic rings. The van der Waals surface area contributed by atoms with Crippen molar-refractivity contribution >= 4 is 46.3 Å². The molecule has 0 fully saturated rings. The largest absolute Gasteiger partial charge is 0.423 e. The summed E-state index contributed by atoms with van der Waals surface area (Å²) in [7, 11) is 0. The number of hydrogen-bond donors (Lipinski definition) is 0. The van der Waals surface area contributed by atoms with E-state index in [1.54, 1.807) is 38.1 Å². The molecule has 0 N–H and O–H groups in total. The first-order chi connectivity index (χ1) is 17.6. The van der Waals surface area contributed by atoms with Crippen LogP contribution >= 0.6 is 11.6 Å². The highest BCUT2D eigenvalue weighted by molar-refractivity contribution is 6.31. The van der Waals surface area contributed by atoms with Gasteiger partial charge in [0.15, 0.2) is 0 Å². The van der Waals surface area contributed by atoms with Crippen molar-refractivity contribution in [3.8, 4) is 0 Å². The minimum absolute atomic E-state index is 0.116. The van der Waals surface area contributed by atoms with E-state index in [9.17, 15) is 29.8 Å². The number of esters is 1. The molecule has 0 radical (unpaired) electrons. The summed E-state index contributed by atoms with van der Waals surface area (Å²) in [5, 5.41) is 22.5. The van der Waals surface area contributed by atoms with E-state index in [4.69, 9.17) is 16.3 Å². The Hall–Kier alpha value is -4.57. The standard InChI is InChI=1S/C26H20ClN3O7/c1-15-12-18(29(33)34)6-8-20(15)25(31)28-11-3-4-24(22-14-17(27)5-10-23(22)28)37-26(32)21-9-7-19(30(35)36)13-16(21)2/h4-10,12-14H,3,11H2,1-2H3. The van der Waals surface area contributed by atoms with Crippen LogP contribution in [-0.2, 0) is 4.74 Å². The molecule has 0 bridgehead atoms. The molecule has 0 aliphatic carbocycles. The van der Waals surface area contributed by atoms with Crippen LogP contribution in [-0.4, -0.2) is 28.3 Å². The minimum Gasteiger partial charge on any atom is -0.423 e. The molecule has 10 nitrogen and oxygen atoms in total. The second-order valence-corrected chi connectivity index (χ2v) is 8.81. The highest BCUT2D eigenvalue weighted by Gasteiger charge is 2.27. The lowest BCUT2D eigenvalue weighted by molar-refractivity contribution is -0.385. The summed E-state index contributed by atoms with van der Waals surface area (Å²) in [6.45, 7) is 3.45. The number of non-ortho nitro benzene ring substituents is 2. The maximum atomic E-state index is 13.5. The molecule has 188 valence electrons. The molecule has 37 heavy (non-hydrogen) atoms. The first-order valence-electron chi connectivity index (χ1n) is 11.1. The van der Waals surface area contributed by atoms with Gasteiger partial charge in [0.25, 0.3) is 17.3 Å². The van der Waals surface area contributed by atoms with Crippen molar-refractivity contribution in [1.29, 1.82) is 0 Å². The summed E-state index contributed by atoms with van der Waals surface area (Å²) in [5.74, 6) is -0.894. The van der Waals surface area contributed by atoms with E-state index in [1.165, 1.54) is 41.3 Å². The van der Waals surface area contributed by atoms with Gasteiger partial charge in [-0.25, -0.2) is 4.79 Å². The Morgan fingerprint density at radius 1 is 0.892 bits per heavy atom. The summed E-state index contributed by atoms with van der Waals surface area (Å²) in [5.41, 5.74) is 1.89. The van der Waals surface area contributed by atoms with Crippen molar-refractivity contribution in [2.45, 2.75) is 20.3 Å². The lowest BCUT2D eigenvalue weighted by Crippen LogP contribution is -2.32. The number of carbonyl (C=O) groups excluding carboxylic acids is 2. The number of rotatable bonds is 5. The van der Waals surface area contributed by atoms with Crippen LogP contribution in [0.3, 0.4) is 0 Å². The molecular formula is C26H20ClN3O7. The summed E-state index contributed by atoms with van der Waals surface area (Å²) in [6, 6.07) is 12.7. The number of nitro benzene ring substituents is 2. The fraction of sp³-hybridized carbons (Fsp3) is 0.154. The Bertz CT molecular complexity index is 1500. The first kappa shape index (κ1) is 25.5. The van der Waals surface area contributed by atoms with Gasteiger partial charge < -0.3 is 9.64 Å². The number of nitro groups is 2. The molecule has 1 aliphatic heterocycles. The van der Waals surface area contributed by atoms with Gasteiger partial charge >= 0.3 is 5.97 Å². The number of anilines is 1. The van der Waals surface area contributed by atoms with Crippen LogP contribution in [0.4, 0.5) is 17.1 Å². The second kappa shape index (κ2) is 10.2. The SMILES string of the molecule is Cc1cc([N+](=O)[O-])ccc1C(=O)OC1=CCCN(C(=O)c2ccc([N+](=O)[O-])cc2C)c2ccc(Cl)cc21. The zero-order valence-corrected chi connectivity index (χ0v) is 20.5.